The van der Waals surface area contributed by atoms with E-state index in [2.05, 4.69) is 10.3 Å². The molecule has 0 saturated carbocycles. The van der Waals surface area contributed by atoms with Gasteiger partial charge in [-0.1, -0.05) is 25.4 Å². The summed E-state index contributed by atoms with van der Waals surface area (Å²) in [6, 6.07) is 3.24. The summed E-state index contributed by atoms with van der Waals surface area (Å²) in [5.41, 5.74) is 0.298. The third kappa shape index (κ3) is 4.63. The van der Waals surface area contributed by atoms with Crippen LogP contribution in [-0.2, 0) is 0 Å². The lowest BCUT2D eigenvalue weighted by Crippen LogP contribution is -2.38. The smallest absolute Gasteiger partial charge is 0.251 e. The molecule has 0 spiro atoms. The van der Waals surface area contributed by atoms with Crippen LogP contribution in [0.15, 0.2) is 12.1 Å². The monoisotopic (exact) mass is 270 g/mol. The highest BCUT2D eigenvalue weighted by atomic mass is 35.5. The molecule has 0 atom stereocenters. The number of rotatable bonds is 4. The van der Waals surface area contributed by atoms with Gasteiger partial charge in [0.05, 0.1) is 5.60 Å². The molecule has 1 aromatic heterocycles. The van der Waals surface area contributed by atoms with E-state index < -0.39 is 5.60 Å². The SMILES string of the molecule is CC(C)c1cc(C(=O)NCC(C)(C)O)cc(Cl)n1. The first-order chi connectivity index (χ1) is 8.19. The molecular formula is C13H19ClN2O2. The zero-order valence-corrected chi connectivity index (χ0v) is 11.9. The van der Waals surface area contributed by atoms with Gasteiger partial charge >= 0.3 is 0 Å². The lowest BCUT2D eigenvalue weighted by molar-refractivity contribution is 0.0694. The zero-order valence-electron chi connectivity index (χ0n) is 11.1. The van der Waals surface area contributed by atoms with E-state index in [0.29, 0.717) is 10.7 Å². The van der Waals surface area contributed by atoms with E-state index in [4.69, 9.17) is 11.6 Å². The Balaban J connectivity index is 2.86. The summed E-state index contributed by atoms with van der Waals surface area (Å²) >= 11 is 5.89. The summed E-state index contributed by atoms with van der Waals surface area (Å²) < 4.78 is 0. The number of amides is 1. The van der Waals surface area contributed by atoms with Crippen LogP contribution in [-0.4, -0.2) is 28.1 Å². The molecule has 5 heteroatoms. The maximum atomic E-state index is 11.9. The first kappa shape index (κ1) is 14.9. The minimum atomic E-state index is -0.937. The molecule has 0 aliphatic carbocycles. The van der Waals surface area contributed by atoms with E-state index in [-0.39, 0.29) is 18.4 Å². The summed E-state index contributed by atoms with van der Waals surface area (Å²) in [6.07, 6.45) is 0. The van der Waals surface area contributed by atoms with E-state index in [1.165, 1.54) is 6.07 Å². The second-order valence-corrected chi connectivity index (χ2v) is 5.64. The van der Waals surface area contributed by atoms with Crippen molar-refractivity contribution >= 4 is 17.5 Å². The molecule has 0 radical (unpaired) electrons. The molecule has 0 aliphatic rings. The van der Waals surface area contributed by atoms with Gasteiger partial charge in [0.15, 0.2) is 0 Å². The maximum absolute atomic E-state index is 11.9. The molecule has 0 unspecified atom stereocenters. The van der Waals surface area contributed by atoms with E-state index in [1.807, 2.05) is 13.8 Å². The fourth-order valence-electron chi connectivity index (χ4n) is 1.34. The van der Waals surface area contributed by atoms with Crippen LogP contribution in [0.25, 0.3) is 0 Å². The summed E-state index contributed by atoms with van der Waals surface area (Å²) in [5.74, 6) is -0.0622. The summed E-state index contributed by atoms with van der Waals surface area (Å²) in [4.78, 5) is 16.1. The highest BCUT2D eigenvalue weighted by Crippen LogP contribution is 2.17. The van der Waals surface area contributed by atoms with Crippen LogP contribution in [0.2, 0.25) is 5.15 Å². The lowest BCUT2D eigenvalue weighted by atomic mass is 10.1. The largest absolute Gasteiger partial charge is 0.389 e. The number of hydrogen-bond acceptors (Lipinski definition) is 3. The van der Waals surface area contributed by atoms with Crippen molar-refractivity contribution in [1.29, 1.82) is 0 Å². The van der Waals surface area contributed by atoms with Gasteiger partial charge < -0.3 is 10.4 Å². The average Bonchev–Trinajstić information content (AvgIpc) is 2.23. The number of aliphatic hydroxyl groups is 1. The first-order valence-corrected chi connectivity index (χ1v) is 6.25. The van der Waals surface area contributed by atoms with Crippen molar-refractivity contribution in [2.75, 3.05) is 6.54 Å². The predicted molar refractivity (Wildman–Crippen MR) is 72.0 cm³/mol. The van der Waals surface area contributed by atoms with E-state index in [0.717, 1.165) is 5.69 Å². The van der Waals surface area contributed by atoms with Crippen LogP contribution in [0.3, 0.4) is 0 Å². The second kappa shape index (κ2) is 5.67. The number of nitrogens with one attached hydrogen (secondary N) is 1. The van der Waals surface area contributed by atoms with Crippen molar-refractivity contribution in [3.63, 3.8) is 0 Å². The summed E-state index contributed by atoms with van der Waals surface area (Å²) in [7, 11) is 0. The number of nitrogens with zero attached hydrogens (tertiary/aromatic N) is 1. The third-order valence-corrected chi connectivity index (χ3v) is 2.54. The number of hydrogen-bond donors (Lipinski definition) is 2. The Labute approximate surface area is 112 Å². The molecule has 0 aliphatic heterocycles. The molecule has 18 heavy (non-hydrogen) atoms. The van der Waals surface area contributed by atoms with Crippen LogP contribution in [0.5, 0.6) is 0 Å². The number of carbonyl (C=O) groups excluding carboxylic acids is 1. The molecule has 1 amide bonds. The van der Waals surface area contributed by atoms with Gasteiger partial charge in [0, 0.05) is 17.8 Å². The van der Waals surface area contributed by atoms with Crippen molar-refractivity contribution in [2.45, 2.75) is 39.2 Å². The molecule has 0 saturated heterocycles. The summed E-state index contributed by atoms with van der Waals surface area (Å²) in [5, 5.41) is 12.5. The number of halogens is 1. The van der Waals surface area contributed by atoms with Gasteiger partial charge in [0.1, 0.15) is 5.15 Å². The molecule has 1 heterocycles. The molecular weight excluding hydrogens is 252 g/mol. The van der Waals surface area contributed by atoms with Crippen LogP contribution >= 0.6 is 11.6 Å². The Morgan fingerprint density at radius 1 is 1.50 bits per heavy atom. The lowest BCUT2D eigenvalue weighted by Gasteiger charge is -2.18. The third-order valence-electron chi connectivity index (χ3n) is 2.35. The normalized spacial score (nSPS) is 11.7. The Morgan fingerprint density at radius 3 is 2.61 bits per heavy atom. The molecule has 1 aromatic rings. The summed E-state index contributed by atoms with van der Waals surface area (Å²) in [6.45, 7) is 7.41. The van der Waals surface area contributed by atoms with Crippen molar-refractivity contribution in [3.05, 3.63) is 28.5 Å². The fourth-order valence-corrected chi connectivity index (χ4v) is 1.56. The number of pyridine rings is 1. The highest BCUT2D eigenvalue weighted by molar-refractivity contribution is 6.29. The maximum Gasteiger partial charge on any atom is 0.251 e. The van der Waals surface area contributed by atoms with Crippen molar-refractivity contribution in [2.24, 2.45) is 0 Å². The van der Waals surface area contributed by atoms with Gasteiger partial charge in [0.2, 0.25) is 0 Å². The molecule has 100 valence electrons. The Bertz CT molecular complexity index is 439. The van der Waals surface area contributed by atoms with Gasteiger partial charge in [-0.3, -0.25) is 4.79 Å². The second-order valence-electron chi connectivity index (χ2n) is 5.25. The molecule has 4 nitrogen and oxygen atoms in total. The van der Waals surface area contributed by atoms with E-state index >= 15 is 0 Å². The van der Waals surface area contributed by atoms with Crippen LogP contribution in [0.4, 0.5) is 0 Å². The highest BCUT2D eigenvalue weighted by Gasteiger charge is 2.16. The minimum Gasteiger partial charge on any atom is -0.389 e. The van der Waals surface area contributed by atoms with Crippen molar-refractivity contribution < 1.29 is 9.90 Å². The Kier molecular flexibility index (Phi) is 4.71. The standard InChI is InChI=1S/C13H19ClN2O2/c1-8(2)10-5-9(6-11(14)16-10)12(17)15-7-13(3,4)18/h5-6,8,18H,7H2,1-4H3,(H,15,17). The predicted octanol–water partition coefficient (Wildman–Crippen LogP) is 2.36. The zero-order chi connectivity index (χ0) is 13.9. The molecule has 0 aromatic carbocycles. The van der Waals surface area contributed by atoms with Crippen molar-refractivity contribution in [1.82, 2.24) is 10.3 Å². The Morgan fingerprint density at radius 2 is 2.11 bits per heavy atom. The van der Waals surface area contributed by atoms with E-state index in [1.54, 1.807) is 19.9 Å². The van der Waals surface area contributed by atoms with Gasteiger partial charge in [-0.15, -0.1) is 0 Å². The first-order valence-electron chi connectivity index (χ1n) is 5.87. The van der Waals surface area contributed by atoms with Gasteiger partial charge in [-0.25, -0.2) is 4.98 Å². The van der Waals surface area contributed by atoms with Crippen molar-refractivity contribution in [3.8, 4) is 0 Å². The average molecular weight is 271 g/mol. The fraction of sp³-hybridized carbons (Fsp3) is 0.538. The van der Waals surface area contributed by atoms with Crippen LogP contribution in [0, 0.1) is 0 Å². The Hall–Kier alpha value is -1.13. The van der Waals surface area contributed by atoms with Crippen LogP contribution < -0.4 is 5.32 Å². The minimum absolute atomic E-state index is 0.183. The number of carbonyl (C=O) groups is 1. The van der Waals surface area contributed by atoms with Gasteiger partial charge in [-0.05, 0) is 31.9 Å². The van der Waals surface area contributed by atoms with Gasteiger partial charge in [-0.2, -0.15) is 0 Å². The molecule has 0 fully saturated rings. The quantitative estimate of drug-likeness (QED) is 0.826. The van der Waals surface area contributed by atoms with Gasteiger partial charge in [0.25, 0.3) is 5.91 Å². The topological polar surface area (TPSA) is 62.2 Å². The molecule has 2 N–H and O–H groups in total. The number of aromatic nitrogens is 1. The van der Waals surface area contributed by atoms with E-state index in [9.17, 15) is 9.90 Å². The van der Waals surface area contributed by atoms with Crippen LogP contribution in [0.1, 0.15) is 49.7 Å². The molecule has 0 bridgehead atoms. The molecule has 1 rings (SSSR count).